The fourth-order valence-corrected chi connectivity index (χ4v) is 4.27. The van der Waals surface area contributed by atoms with Gasteiger partial charge in [-0.15, -0.1) is 0 Å². The van der Waals surface area contributed by atoms with E-state index >= 15 is 0 Å². The van der Waals surface area contributed by atoms with Crippen molar-refractivity contribution >= 4 is 17.8 Å². The standard InChI is InChI=1S/C16H23NO4/c1-10-5-7-16(8-6-10,15(20)21)9-17-13(18)11-3-2-4-12(11)14(17)19/h10-12H,2-9H2,1H3,(H,20,21). The fraction of sp³-hybridized carbons (Fsp3) is 0.812. The van der Waals surface area contributed by atoms with Crippen LogP contribution in [0.5, 0.6) is 0 Å². The summed E-state index contributed by atoms with van der Waals surface area (Å²) in [7, 11) is 0. The Morgan fingerprint density at radius 1 is 1.14 bits per heavy atom. The summed E-state index contributed by atoms with van der Waals surface area (Å²) in [5.41, 5.74) is -0.920. The molecule has 2 saturated carbocycles. The monoisotopic (exact) mass is 293 g/mol. The Hall–Kier alpha value is -1.39. The van der Waals surface area contributed by atoms with E-state index in [2.05, 4.69) is 6.92 Å². The highest BCUT2D eigenvalue weighted by Crippen LogP contribution is 2.44. The topological polar surface area (TPSA) is 74.7 Å². The van der Waals surface area contributed by atoms with E-state index < -0.39 is 11.4 Å². The molecule has 1 N–H and O–H groups in total. The Morgan fingerprint density at radius 2 is 1.67 bits per heavy atom. The average molecular weight is 293 g/mol. The number of imide groups is 1. The number of fused-ring (bicyclic) bond motifs is 1. The van der Waals surface area contributed by atoms with Gasteiger partial charge in [0.1, 0.15) is 0 Å². The SMILES string of the molecule is CC1CCC(CN2C(=O)C3CCCC3C2=O)(C(=O)O)CC1. The van der Waals surface area contributed by atoms with Crippen LogP contribution in [0.4, 0.5) is 0 Å². The second-order valence-electron chi connectivity index (χ2n) is 7.17. The predicted molar refractivity (Wildman–Crippen MR) is 75.3 cm³/mol. The first-order chi connectivity index (χ1) is 9.94. The van der Waals surface area contributed by atoms with Gasteiger partial charge in [0.05, 0.1) is 17.3 Å². The molecule has 3 aliphatic rings. The number of carbonyl (C=O) groups excluding carboxylic acids is 2. The summed E-state index contributed by atoms with van der Waals surface area (Å²) in [6.07, 6.45) is 5.34. The minimum absolute atomic E-state index is 0.0831. The van der Waals surface area contributed by atoms with E-state index in [9.17, 15) is 19.5 Å². The van der Waals surface area contributed by atoms with Crippen molar-refractivity contribution in [2.45, 2.75) is 51.9 Å². The van der Waals surface area contributed by atoms with Crippen LogP contribution in [0.1, 0.15) is 51.9 Å². The molecule has 0 spiro atoms. The normalized spacial score (nSPS) is 39.7. The second-order valence-corrected chi connectivity index (χ2v) is 7.17. The molecule has 0 bridgehead atoms. The highest BCUT2D eigenvalue weighted by Gasteiger charge is 2.53. The quantitative estimate of drug-likeness (QED) is 0.808. The Balaban J connectivity index is 1.79. The number of carboxylic acid groups (broad SMARTS) is 1. The zero-order chi connectivity index (χ0) is 15.2. The highest BCUT2D eigenvalue weighted by molar-refractivity contribution is 6.05. The van der Waals surface area contributed by atoms with E-state index in [0.717, 1.165) is 32.1 Å². The van der Waals surface area contributed by atoms with Crippen LogP contribution in [0.2, 0.25) is 0 Å². The number of rotatable bonds is 3. The molecule has 1 heterocycles. The minimum Gasteiger partial charge on any atom is -0.481 e. The molecule has 3 fully saturated rings. The van der Waals surface area contributed by atoms with Gasteiger partial charge in [-0.05, 0) is 44.4 Å². The Labute approximate surface area is 124 Å². The smallest absolute Gasteiger partial charge is 0.311 e. The molecule has 1 aliphatic heterocycles. The first-order valence-electron chi connectivity index (χ1n) is 8.03. The maximum atomic E-state index is 12.4. The van der Waals surface area contributed by atoms with E-state index in [-0.39, 0.29) is 30.2 Å². The van der Waals surface area contributed by atoms with Crippen molar-refractivity contribution < 1.29 is 19.5 Å². The molecule has 2 atom stereocenters. The van der Waals surface area contributed by atoms with Gasteiger partial charge >= 0.3 is 5.97 Å². The van der Waals surface area contributed by atoms with Crippen LogP contribution in [0.15, 0.2) is 0 Å². The van der Waals surface area contributed by atoms with Crippen LogP contribution in [-0.4, -0.2) is 34.3 Å². The van der Waals surface area contributed by atoms with Crippen LogP contribution < -0.4 is 0 Å². The van der Waals surface area contributed by atoms with Gasteiger partial charge in [0.2, 0.25) is 11.8 Å². The van der Waals surface area contributed by atoms with Crippen LogP contribution in [0, 0.1) is 23.2 Å². The van der Waals surface area contributed by atoms with E-state index in [1.54, 1.807) is 0 Å². The van der Waals surface area contributed by atoms with E-state index in [1.807, 2.05) is 0 Å². The van der Waals surface area contributed by atoms with Gasteiger partial charge in [-0.1, -0.05) is 13.3 Å². The zero-order valence-electron chi connectivity index (χ0n) is 12.5. The third-order valence-electron chi connectivity index (χ3n) is 5.83. The lowest BCUT2D eigenvalue weighted by Gasteiger charge is -2.38. The van der Waals surface area contributed by atoms with Gasteiger partial charge in [0.15, 0.2) is 0 Å². The van der Waals surface area contributed by atoms with Gasteiger partial charge in [0.25, 0.3) is 0 Å². The summed E-state index contributed by atoms with van der Waals surface area (Å²) in [5, 5.41) is 9.66. The van der Waals surface area contributed by atoms with E-state index in [1.165, 1.54) is 4.90 Å². The largest absolute Gasteiger partial charge is 0.481 e. The number of hydrogen-bond acceptors (Lipinski definition) is 3. The summed E-state index contributed by atoms with van der Waals surface area (Å²) in [6.45, 7) is 2.21. The van der Waals surface area contributed by atoms with Crippen molar-refractivity contribution in [2.24, 2.45) is 23.2 Å². The molecule has 2 aliphatic carbocycles. The van der Waals surface area contributed by atoms with Crippen molar-refractivity contribution in [2.75, 3.05) is 6.54 Å². The number of likely N-dealkylation sites (tertiary alicyclic amines) is 1. The molecule has 5 nitrogen and oxygen atoms in total. The maximum absolute atomic E-state index is 12.4. The lowest BCUT2D eigenvalue weighted by Crippen LogP contribution is -2.47. The van der Waals surface area contributed by atoms with Crippen LogP contribution in [0.25, 0.3) is 0 Å². The maximum Gasteiger partial charge on any atom is 0.311 e. The molecule has 0 aromatic rings. The summed E-state index contributed by atoms with van der Waals surface area (Å²) in [4.78, 5) is 37.9. The number of carboxylic acids is 1. The molecule has 2 unspecified atom stereocenters. The molecule has 0 aromatic carbocycles. The van der Waals surface area contributed by atoms with E-state index in [0.29, 0.717) is 18.8 Å². The van der Waals surface area contributed by atoms with Crippen LogP contribution in [-0.2, 0) is 14.4 Å². The predicted octanol–water partition coefficient (Wildman–Crippen LogP) is 2.05. The number of amides is 2. The summed E-state index contributed by atoms with van der Waals surface area (Å²) in [5.74, 6) is -0.922. The molecular weight excluding hydrogens is 270 g/mol. The van der Waals surface area contributed by atoms with Crippen LogP contribution >= 0.6 is 0 Å². The second kappa shape index (κ2) is 5.11. The molecule has 3 rings (SSSR count). The Kier molecular flexibility index (Phi) is 3.54. The fourth-order valence-electron chi connectivity index (χ4n) is 4.27. The molecule has 0 radical (unpaired) electrons. The molecule has 2 amide bonds. The molecular formula is C16H23NO4. The molecule has 5 heteroatoms. The van der Waals surface area contributed by atoms with Crippen molar-refractivity contribution in [1.29, 1.82) is 0 Å². The highest BCUT2D eigenvalue weighted by atomic mass is 16.4. The van der Waals surface area contributed by atoms with Crippen molar-refractivity contribution in [3.8, 4) is 0 Å². The van der Waals surface area contributed by atoms with Crippen molar-refractivity contribution in [3.05, 3.63) is 0 Å². The van der Waals surface area contributed by atoms with Crippen molar-refractivity contribution in [3.63, 3.8) is 0 Å². The van der Waals surface area contributed by atoms with Gasteiger partial charge in [0, 0.05) is 6.54 Å². The molecule has 116 valence electrons. The van der Waals surface area contributed by atoms with Gasteiger partial charge in [-0.2, -0.15) is 0 Å². The first-order valence-corrected chi connectivity index (χ1v) is 8.03. The minimum atomic E-state index is -0.920. The molecule has 1 saturated heterocycles. The summed E-state index contributed by atoms with van der Waals surface area (Å²) in [6, 6.07) is 0. The number of nitrogens with zero attached hydrogens (tertiary/aromatic N) is 1. The average Bonchev–Trinajstić information content (AvgIpc) is 3.01. The van der Waals surface area contributed by atoms with Crippen molar-refractivity contribution in [1.82, 2.24) is 4.90 Å². The van der Waals surface area contributed by atoms with E-state index in [4.69, 9.17) is 0 Å². The third kappa shape index (κ3) is 2.27. The van der Waals surface area contributed by atoms with Crippen LogP contribution in [0.3, 0.4) is 0 Å². The zero-order valence-corrected chi connectivity index (χ0v) is 12.5. The number of hydrogen-bond donors (Lipinski definition) is 1. The van der Waals surface area contributed by atoms with Gasteiger partial charge in [-0.25, -0.2) is 0 Å². The molecule has 0 aromatic heterocycles. The molecule has 21 heavy (non-hydrogen) atoms. The van der Waals surface area contributed by atoms with Gasteiger partial charge < -0.3 is 5.11 Å². The first kappa shape index (κ1) is 14.5. The number of carbonyl (C=O) groups is 3. The Bertz CT molecular complexity index is 457. The third-order valence-corrected chi connectivity index (χ3v) is 5.83. The lowest BCUT2D eigenvalue weighted by molar-refractivity contribution is -0.156. The van der Waals surface area contributed by atoms with Gasteiger partial charge in [-0.3, -0.25) is 19.3 Å². The summed E-state index contributed by atoms with van der Waals surface area (Å²) < 4.78 is 0. The summed E-state index contributed by atoms with van der Waals surface area (Å²) >= 11 is 0. The lowest BCUT2D eigenvalue weighted by atomic mass is 9.70. The number of aliphatic carboxylic acids is 1. The Morgan fingerprint density at radius 3 is 2.14 bits per heavy atom.